The van der Waals surface area contributed by atoms with Crippen LogP contribution in [0.3, 0.4) is 0 Å². The minimum atomic E-state index is -0.254. The smallest absolute Gasteiger partial charge is 0.287 e. The van der Waals surface area contributed by atoms with E-state index in [0.29, 0.717) is 24.3 Å². The monoisotopic (exact) mass is 368 g/mol. The molecular formula is C21H28N4O2. The predicted octanol–water partition coefficient (Wildman–Crippen LogP) is 3.48. The number of imidazole rings is 1. The van der Waals surface area contributed by atoms with Crippen LogP contribution in [0.15, 0.2) is 36.0 Å². The van der Waals surface area contributed by atoms with Crippen molar-refractivity contribution < 1.29 is 9.59 Å². The molecule has 0 saturated carbocycles. The SMILES string of the molecule is CCCCNC(=O)c1nc(C(=O)NCCC2=CCCCC2)c2ccccn12. The predicted molar refractivity (Wildman–Crippen MR) is 106 cm³/mol. The number of nitrogens with one attached hydrogen (secondary N) is 2. The zero-order valence-electron chi connectivity index (χ0n) is 16.0. The average molecular weight is 368 g/mol. The third-order valence-corrected chi connectivity index (χ3v) is 4.90. The Morgan fingerprint density at radius 3 is 2.78 bits per heavy atom. The lowest BCUT2D eigenvalue weighted by Gasteiger charge is -2.12. The van der Waals surface area contributed by atoms with Crippen LogP contribution in [0.2, 0.25) is 0 Å². The fourth-order valence-electron chi connectivity index (χ4n) is 3.37. The Kier molecular flexibility index (Phi) is 6.63. The molecule has 27 heavy (non-hydrogen) atoms. The highest BCUT2D eigenvalue weighted by Gasteiger charge is 2.21. The van der Waals surface area contributed by atoms with E-state index in [1.807, 2.05) is 18.2 Å². The van der Waals surface area contributed by atoms with E-state index in [2.05, 4.69) is 28.6 Å². The van der Waals surface area contributed by atoms with E-state index < -0.39 is 0 Å². The van der Waals surface area contributed by atoms with Gasteiger partial charge in [-0.2, -0.15) is 0 Å². The number of hydrogen-bond donors (Lipinski definition) is 2. The molecule has 0 radical (unpaired) electrons. The highest BCUT2D eigenvalue weighted by atomic mass is 16.2. The molecule has 0 unspecified atom stereocenters. The summed E-state index contributed by atoms with van der Waals surface area (Å²) in [6.45, 7) is 3.27. The highest BCUT2D eigenvalue weighted by Crippen LogP contribution is 2.19. The number of pyridine rings is 1. The minimum Gasteiger partial charge on any atom is -0.350 e. The van der Waals surface area contributed by atoms with Gasteiger partial charge in [-0.1, -0.05) is 31.1 Å². The quantitative estimate of drug-likeness (QED) is 0.553. The standard InChI is InChI=1S/C21H28N4O2/c1-2-3-13-22-21(27)19-24-18(17-11-7-8-15-25(17)19)20(26)23-14-12-16-9-5-4-6-10-16/h7-9,11,15H,2-6,10,12-14H2,1H3,(H,22,27)(H,23,26). The summed E-state index contributed by atoms with van der Waals surface area (Å²) in [5, 5.41) is 5.82. The maximum atomic E-state index is 12.7. The Balaban J connectivity index is 1.70. The Morgan fingerprint density at radius 1 is 1.15 bits per heavy atom. The van der Waals surface area contributed by atoms with Crippen molar-refractivity contribution in [3.05, 3.63) is 47.6 Å². The molecule has 1 aliphatic rings. The van der Waals surface area contributed by atoms with Crippen LogP contribution in [0.1, 0.15) is 73.0 Å². The van der Waals surface area contributed by atoms with Gasteiger partial charge in [0.25, 0.3) is 11.8 Å². The third kappa shape index (κ3) is 4.76. The maximum absolute atomic E-state index is 12.7. The van der Waals surface area contributed by atoms with Crippen LogP contribution in [0.25, 0.3) is 5.52 Å². The number of rotatable bonds is 8. The van der Waals surface area contributed by atoms with Crippen molar-refractivity contribution in [2.75, 3.05) is 13.1 Å². The number of allylic oxidation sites excluding steroid dienone is 1. The number of amides is 2. The average Bonchev–Trinajstić information content (AvgIpc) is 3.09. The Hall–Kier alpha value is -2.63. The van der Waals surface area contributed by atoms with E-state index in [-0.39, 0.29) is 17.6 Å². The first kappa shape index (κ1) is 19.1. The third-order valence-electron chi connectivity index (χ3n) is 4.90. The molecule has 144 valence electrons. The number of unbranched alkanes of at least 4 members (excludes halogenated alkanes) is 1. The summed E-state index contributed by atoms with van der Waals surface area (Å²) < 4.78 is 1.68. The molecule has 6 nitrogen and oxygen atoms in total. The summed E-state index contributed by atoms with van der Waals surface area (Å²) in [5.41, 5.74) is 2.37. The van der Waals surface area contributed by atoms with Crippen LogP contribution >= 0.6 is 0 Å². The number of fused-ring (bicyclic) bond motifs is 1. The van der Waals surface area contributed by atoms with Crippen molar-refractivity contribution in [2.45, 2.75) is 51.9 Å². The van der Waals surface area contributed by atoms with Gasteiger partial charge in [0.1, 0.15) is 0 Å². The molecule has 0 aliphatic heterocycles. The van der Waals surface area contributed by atoms with E-state index in [0.717, 1.165) is 32.1 Å². The Labute approximate surface area is 160 Å². The number of carbonyl (C=O) groups excluding carboxylic acids is 2. The molecule has 0 spiro atoms. The van der Waals surface area contributed by atoms with E-state index >= 15 is 0 Å². The molecule has 1 aliphatic carbocycles. The molecular weight excluding hydrogens is 340 g/mol. The summed E-state index contributed by atoms with van der Waals surface area (Å²) in [5.74, 6) is -0.236. The molecule has 2 aromatic rings. The molecule has 0 fully saturated rings. The van der Waals surface area contributed by atoms with Crippen LogP contribution in [-0.4, -0.2) is 34.3 Å². The van der Waals surface area contributed by atoms with Crippen LogP contribution in [-0.2, 0) is 0 Å². The van der Waals surface area contributed by atoms with Gasteiger partial charge in [-0.15, -0.1) is 0 Å². The van der Waals surface area contributed by atoms with Crippen molar-refractivity contribution in [1.29, 1.82) is 0 Å². The van der Waals surface area contributed by atoms with Crippen LogP contribution in [0.5, 0.6) is 0 Å². The molecule has 2 aromatic heterocycles. The van der Waals surface area contributed by atoms with Crippen molar-refractivity contribution in [1.82, 2.24) is 20.0 Å². The lowest BCUT2D eigenvalue weighted by atomic mass is 9.97. The minimum absolute atomic E-state index is 0.234. The molecule has 0 saturated heterocycles. The number of aromatic nitrogens is 2. The lowest BCUT2D eigenvalue weighted by molar-refractivity contribution is 0.0942. The number of carbonyl (C=O) groups is 2. The normalized spacial score (nSPS) is 14.0. The van der Waals surface area contributed by atoms with E-state index in [9.17, 15) is 9.59 Å². The Morgan fingerprint density at radius 2 is 2.00 bits per heavy atom. The molecule has 2 heterocycles. The summed E-state index contributed by atoms with van der Waals surface area (Å²) in [4.78, 5) is 29.5. The fourth-order valence-corrected chi connectivity index (χ4v) is 3.37. The van der Waals surface area contributed by atoms with Crippen molar-refractivity contribution in [3.63, 3.8) is 0 Å². The van der Waals surface area contributed by atoms with Gasteiger partial charge in [-0.3, -0.25) is 14.0 Å². The lowest BCUT2D eigenvalue weighted by Crippen LogP contribution is -2.27. The summed E-state index contributed by atoms with van der Waals surface area (Å²) >= 11 is 0. The topological polar surface area (TPSA) is 75.5 Å². The molecule has 0 bridgehead atoms. The second kappa shape index (κ2) is 9.35. The van der Waals surface area contributed by atoms with Gasteiger partial charge in [0.05, 0.1) is 5.52 Å². The first-order valence-electron chi connectivity index (χ1n) is 9.92. The van der Waals surface area contributed by atoms with Gasteiger partial charge < -0.3 is 10.6 Å². The van der Waals surface area contributed by atoms with Gasteiger partial charge in [0.15, 0.2) is 5.69 Å². The molecule has 3 rings (SSSR count). The van der Waals surface area contributed by atoms with Gasteiger partial charge in [-0.05, 0) is 50.7 Å². The van der Waals surface area contributed by atoms with Crippen LogP contribution in [0.4, 0.5) is 0 Å². The second-order valence-corrected chi connectivity index (χ2v) is 6.96. The first-order chi connectivity index (χ1) is 13.2. The van der Waals surface area contributed by atoms with Gasteiger partial charge in [0.2, 0.25) is 5.82 Å². The highest BCUT2D eigenvalue weighted by molar-refractivity contribution is 6.02. The number of nitrogens with zero attached hydrogens (tertiary/aromatic N) is 2. The van der Waals surface area contributed by atoms with E-state index in [1.54, 1.807) is 10.6 Å². The molecule has 2 N–H and O–H groups in total. The molecule has 6 heteroatoms. The zero-order chi connectivity index (χ0) is 19.1. The van der Waals surface area contributed by atoms with Gasteiger partial charge in [0, 0.05) is 19.3 Å². The Bertz CT molecular complexity index is 838. The van der Waals surface area contributed by atoms with Gasteiger partial charge in [-0.25, -0.2) is 4.98 Å². The number of hydrogen-bond acceptors (Lipinski definition) is 3. The van der Waals surface area contributed by atoms with E-state index in [4.69, 9.17) is 0 Å². The van der Waals surface area contributed by atoms with Crippen molar-refractivity contribution in [2.24, 2.45) is 0 Å². The van der Waals surface area contributed by atoms with Gasteiger partial charge >= 0.3 is 0 Å². The summed E-state index contributed by atoms with van der Waals surface area (Å²) in [6, 6.07) is 5.49. The molecule has 0 atom stereocenters. The molecule has 2 amide bonds. The van der Waals surface area contributed by atoms with Crippen LogP contribution in [0, 0.1) is 0 Å². The summed E-state index contributed by atoms with van der Waals surface area (Å²) in [6.07, 6.45) is 11.6. The van der Waals surface area contributed by atoms with Crippen molar-refractivity contribution in [3.8, 4) is 0 Å². The first-order valence-corrected chi connectivity index (χ1v) is 9.92. The fraction of sp³-hybridized carbons (Fsp3) is 0.476. The van der Waals surface area contributed by atoms with Crippen LogP contribution < -0.4 is 10.6 Å². The van der Waals surface area contributed by atoms with Crippen molar-refractivity contribution >= 4 is 17.3 Å². The summed E-state index contributed by atoms with van der Waals surface area (Å²) in [7, 11) is 0. The second-order valence-electron chi connectivity index (χ2n) is 6.96. The maximum Gasteiger partial charge on any atom is 0.287 e. The molecule has 0 aromatic carbocycles. The van der Waals surface area contributed by atoms with E-state index in [1.165, 1.54) is 18.4 Å². The zero-order valence-corrected chi connectivity index (χ0v) is 16.0. The largest absolute Gasteiger partial charge is 0.350 e.